The molecule has 5 rings (SSSR count). The summed E-state index contributed by atoms with van der Waals surface area (Å²) in [7, 11) is 1.66. The summed E-state index contributed by atoms with van der Waals surface area (Å²) < 4.78 is 13.3. The van der Waals surface area contributed by atoms with Gasteiger partial charge in [0.25, 0.3) is 5.91 Å². The third-order valence-corrected chi connectivity index (χ3v) is 6.08. The molecule has 1 atom stereocenters. The Morgan fingerprint density at radius 3 is 2.66 bits per heavy atom. The maximum absolute atomic E-state index is 12.6. The summed E-state index contributed by atoms with van der Waals surface area (Å²) in [6.07, 6.45) is 1.60. The summed E-state index contributed by atoms with van der Waals surface area (Å²) in [5, 5.41) is 8.81. The molecule has 166 valence electrons. The van der Waals surface area contributed by atoms with Crippen LogP contribution in [0.4, 0.5) is 0 Å². The quantitative estimate of drug-likeness (QED) is 0.606. The first-order valence-corrected chi connectivity index (χ1v) is 10.8. The van der Waals surface area contributed by atoms with Gasteiger partial charge in [-0.2, -0.15) is 0 Å². The molecule has 1 fully saturated rings. The van der Waals surface area contributed by atoms with E-state index in [1.807, 2.05) is 46.0 Å². The first kappa shape index (κ1) is 20.6. The zero-order valence-electron chi connectivity index (χ0n) is 18.1. The second kappa shape index (κ2) is 9.05. The van der Waals surface area contributed by atoms with Crippen LogP contribution in [0.2, 0.25) is 0 Å². The van der Waals surface area contributed by atoms with Crippen LogP contribution in [0.15, 0.2) is 48.7 Å². The summed E-state index contributed by atoms with van der Waals surface area (Å²) in [4.78, 5) is 20.9. The van der Waals surface area contributed by atoms with Crippen molar-refractivity contribution in [1.29, 1.82) is 0 Å². The van der Waals surface area contributed by atoms with Crippen LogP contribution >= 0.6 is 0 Å². The highest BCUT2D eigenvalue weighted by atomic mass is 16.5. The average Bonchev–Trinajstić information content (AvgIpc) is 3.26. The maximum atomic E-state index is 12.6. The van der Waals surface area contributed by atoms with Gasteiger partial charge < -0.3 is 14.4 Å². The molecule has 2 aliphatic heterocycles. The highest BCUT2D eigenvalue weighted by molar-refractivity contribution is 5.92. The average molecular weight is 435 g/mol. The topological polar surface area (TPSA) is 85.6 Å². The fraction of sp³-hybridized carbons (Fsp3) is 0.391. The van der Waals surface area contributed by atoms with Gasteiger partial charge in [-0.1, -0.05) is 23.4 Å². The zero-order valence-corrected chi connectivity index (χ0v) is 18.1. The number of fused-ring (bicyclic) bond motifs is 1. The lowest BCUT2D eigenvalue weighted by Gasteiger charge is -2.34. The minimum atomic E-state index is -0.0518. The van der Waals surface area contributed by atoms with E-state index in [0.29, 0.717) is 38.5 Å². The molecule has 0 spiro atoms. The van der Waals surface area contributed by atoms with Crippen molar-refractivity contribution in [2.45, 2.75) is 25.8 Å². The Kier molecular flexibility index (Phi) is 5.83. The fourth-order valence-corrected chi connectivity index (χ4v) is 4.18. The lowest BCUT2D eigenvalue weighted by Crippen LogP contribution is -2.48. The fourth-order valence-electron chi connectivity index (χ4n) is 4.18. The summed E-state index contributed by atoms with van der Waals surface area (Å²) in [5.74, 6) is 0.819. The second-order valence-electron chi connectivity index (χ2n) is 8.02. The van der Waals surface area contributed by atoms with Crippen LogP contribution < -0.4 is 4.74 Å². The third-order valence-electron chi connectivity index (χ3n) is 6.08. The predicted octanol–water partition coefficient (Wildman–Crippen LogP) is 1.91. The molecule has 0 N–H and O–H groups in total. The standard InChI is InChI=1S/C23H26N6O3/c1-31-18-7-5-17(6-8-18)22-15-29-21(16-32-22)20(25-26-29)14-27-10-12-28(13-11-27)23(30)19-4-2-3-9-24-19/h2-9,22H,10-16H2,1H3/t22-/m1/s1. The third kappa shape index (κ3) is 4.21. The van der Waals surface area contributed by atoms with Gasteiger partial charge in [0.15, 0.2) is 0 Å². The number of piperazine rings is 1. The summed E-state index contributed by atoms with van der Waals surface area (Å²) in [6.45, 7) is 4.76. The van der Waals surface area contributed by atoms with Crippen molar-refractivity contribution < 1.29 is 14.3 Å². The number of hydrogen-bond acceptors (Lipinski definition) is 7. The number of carbonyl (C=O) groups excluding carboxylic acids is 1. The van der Waals surface area contributed by atoms with Crippen LogP contribution in [0.3, 0.4) is 0 Å². The highest BCUT2D eigenvalue weighted by Gasteiger charge is 2.28. The van der Waals surface area contributed by atoms with Crippen LogP contribution in [-0.4, -0.2) is 69.0 Å². The molecule has 0 radical (unpaired) electrons. The molecule has 9 heteroatoms. The van der Waals surface area contributed by atoms with Crippen molar-refractivity contribution in [3.63, 3.8) is 0 Å². The van der Waals surface area contributed by atoms with E-state index in [1.165, 1.54) is 0 Å². The molecule has 0 unspecified atom stereocenters. The Morgan fingerprint density at radius 2 is 1.94 bits per heavy atom. The molecule has 9 nitrogen and oxygen atoms in total. The molecule has 1 amide bonds. The van der Waals surface area contributed by atoms with Crippen LogP contribution in [-0.2, 0) is 24.4 Å². The van der Waals surface area contributed by atoms with E-state index in [1.54, 1.807) is 19.4 Å². The van der Waals surface area contributed by atoms with Crippen molar-refractivity contribution in [2.24, 2.45) is 0 Å². The Labute approximate surface area is 186 Å². The van der Waals surface area contributed by atoms with E-state index in [2.05, 4.69) is 20.2 Å². The van der Waals surface area contributed by atoms with Gasteiger partial charge in [-0.25, -0.2) is 4.68 Å². The molecule has 1 saturated heterocycles. The monoisotopic (exact) mass is 434 g/mol. The predicted molar refractivity (Wildman–Crippen MR) is 116 cm³/mol. The van der Waals surface area contributed by atoms with Gasteiger partial charge in [0.1, 0.15) is 23.2 Å². The second-order valence-corrected chi connectivity index (χ2v) is 8.02. The van der Waals surface area contributed by atoms with Gasteiger partial charge >= 0.3 is 0 Å². The molecule has 1 aromatic carbocycles. The smallest absolute Gasteiger partial charge is 0.272 e. The number of pyridine rings is 1. The van der Waals surface area contributed by atoms with Crippen molar-refractivity contribution >= 4 is 5.91 Å². The highest BCUT2D eigenvalue weighted by Crippen LogP contribution is 2.28. The zero-order chi connectivity index (χ0) is 21.9. The minimum absolute atomic E-state index is 0.00994. The molecule has 2 aromatic heterocycles. The number of ether oxygens (including phenoxy) is 2. The summed E-state index contributed by atoms with van der Waals surface area (Å²) in [6, 6.07) is 13.4. The molecular weight excluding hydrogens is 408 g/mol. The summed E-state index contributed by atoms with van der Waals surface area (Å²) >= 11 is 0. The number of benzene rings is 1. The first-order chi connectivity index (χ1) is 15.7. The van der Waals surface area contributed by atoms with Crippen molar-refractivity contribution in [3.05, 3.63) is 71.3 Å². The van der Waals surface area contributed by atoms with Crippen molar-refractivity contribution in [3.8, 4) is 5.75 Å². The van der Waals surface area contributed by atoms with Crippen LogP contribution in [0, 0.1) is 0 Å². The maximum Gasteiger partial charge on any atom is 0.272 e. The van der Waals surface area contributed by atoms with E-state index >= 15 is 0 Å². The van der Waals surface area contributed by atoms with Crippen molar-refractivity contribution in [2.75, 3.05) is 33.3 Å². The number of amides is 1. The Morgan fingerprint density at radius 1 is 1.12 bits per heavy atom. The Hall–Kier alpha value is -3.30. The van der Waals surface area contributed by atoms with Gasteiger partial charge in [0.2, 0.25) is 0 Å². The lowest BCUT2D eigenvalue weighted by atomic mass is 10.1. The first-order valence-electron chi connectivity index (χ1n) is 10.8. The van der Waals surface area contributed by atoms with Gasteiger partial charge in [-0.15, -0.1) is 5.10 Å². The van der Waals surface area contributed by atoms with E-state index in [-0.39, 0.29) is 12.0 Å². The van der Waals surface area contributed by atoms with E-state index in [9.17, 15) is 4.79 Å². The van der Waals surface area contributed by atoms with Gasteiger partial charge in [-0.3, -0.25) is 14.7 Å². The normalized spacial score (nSPS) is 18.9. The SMILES string of the molecule is COc1ccc([C@H]2Cn3nnc(CN4CCN(C(=O)c5ccccn5)CC4)c3CO2)cc1. The lowest BCUT2D eigenvalue weighted by molar-refractivity contribution is -0.00223. The molecule has 0 aliphatic carbocycles. The van der Waals surface area contributed by atoms with Crippen LogP contribution in [0.1, 0.15) is 33.5 Å². The van der Waals surface area contributed by atoms with E-state index < -0.39 is 0 Å². The largest absolute Gasteiger partial charge is 0.497 e. The van der Waals surface area contributed by atoms with E-state index in [0.717, 1.165) is 35.8 Å². The molecule has 4 heterocycles. The number of nitrogens with zero attached hydrogens (tertiary/aromatic N) is 6. The minimum Gasteiger partial charge on any atom is -0.497 e. The van der Waals surface area contributed by atoms with Gasteiger partial charge in [0.05, 0.1) is 26.0 Å². The molecule has 3 aromatic rings. The number of aromatic nitrogens is 4. The van der Waals surface area contributed by atoms with Gasteiger partial charge in [0, 0.05) is 38.9 Å². The molecule has 0 saturated carbocycles. The number of carbonyl (C=O) groups is 1. The van der Waals surface area contributed by atoms with Crippen molar-refractivity contribution in [1.82, 2.24) is 29.8 Å². The Bertz CT molecular complexity index is 1060. The molecular formula is C23H26N6O3. The Balaban J connectivity index is 1.18. The number of hydrogen-bond donors (Lipinski definition) is 0. The van der Waals surface area contributed by atoms with Gasteiger partial charge in [-0.05, 0) is 29.8 Å². The number of rotatable bonds is 5. The molecule has 2 aliphatic rings. The molecule has 0 bridgehead atoms. The number of methoxy groups -OCH3 is 1. The molecule has 32 heavy (non-hydrogen) atoms. The van der Waals surface area contributed by atoms with Crippen LogP contribution in [0.5, 0.6) is 5.75 Å². The van der Waals surface area contributed by atoms with Crippen LogP contribution in [0.25, 0.3) is 0 Å². The summed E-state index contributed by atoms with van der Waals surface area (Å²) in [5.41, 5.74) is 3.57. The van der Waals surface area contributed by atoms with E-state index in [4.69, 9.17) is 9.47 Å².